The third kappa shape index (κ3) is 4.67. The summed E-state index contributed by atoms with van der Waals surface area (Å²) in [7, 11) is 0. The summed E-state index contributed by atoms with van der Waals surface area (Å²) in [5.41, 5.74) is 0.293. The van der Waals surface area contributed by atoms with Crippen LogP contribution in [0.25, 0.3) is 0 Å². The number of carbonyl (C=O) groups is 2. The molecule has 0 aliphatic heterocycles. The number of carbonyl (C=O) groups excluding carboxylic acids is 2. The molecule has 0 fully saturated rings. The van der Waals surface area contributed by atoms with E-state index in [0.29, 0.717) is 5.69 Å². The largest absolute Gasteiger partial charge is 0.451 e. The van der Waals surface area contributed by atoms with E-state index in [1.165, 1.54) is 13.1 Å². The summed E-state index contributed by atoms with van der Waals surface area (Å²) < 4.78 is 5.98. The Labute approximate surface area is 137 Å². The number of rotatable bonds is 5. The number of aromatic amines is 1. The van der Waals surface area contributed by atoms with Crippen molar-refractivity contribution < 1.29 is 14.3 Å². The van der Waals surface area contributed by atoms with Gasteiger partial charge in [-0.1, -0.05) is 12.1 Å². The zero-order chi connectivity index (χ0) is 17.7. The van der Waals surface area contributed by atoms with Crippen molar-refractivity contribution in [3.63, 3.8) is 0 Å². The topological polar surface area (TPSA) is 110 Å². The predicted octanol–water partition coefficient (Wildman–Crippen LogP) is 0.415. The van der Waals surface area contributed by atoms with Gasteiger partial charge in [0.2, 0.25) is 0 Å². The minimum atomic E-state index is -1.03. The molecule has 2 N–H and O–H groups in total. The van der Waals surface area contributed by atoms with Crippen LogP contribution >= 0.6 is 0 Å². The van der Waals surface area contributed by atoms with Crippen molar-refractivity contribution >= 4 is 17.6 Å². The Morgan fingerprint density at radius 2 is 2.04 bits per heavy atom. The lowest BCUT2D eigenvalue weighted by molar-refractivity contribution is -0.153. The first kappa shape index (κ1) is 17.2. The smallest absolute Gasteiger partial charge is 0.328 e. The molecule has 0 spiro atoms. The van der Waals surface area contributed by atoms with Gasteiger partial charge in [-0.2, -0.15) is 0 Å². The number of hydrogen-bond acceptors (Lipinski definition) is 5. The van der Waals surface area contributed by atoms with Crippen LogP contribution in [0.4, 0.5) is 5.69 Å². The van der Waals surface area contributed by atoms with Gasteiger partial charge in [-0.05, 0) is 31.5 Å². The van der Waals surface area contributed by atoms with Crippen molar-refractivity contribution in [2.75, 3.05) is 5.32 Å². The van der Waals surface area contributed by atoms with E-state index in [2.05, 4.69) is 5.32 Å². The number of H-pyrrole nitrogens is 1. The molecule has 8 nitrogen and oxygen atoms in total. The molecule has 0 aliphatic carbocycles. The first-order valence-corrected chi connectivity index (χ1v) is 7.22. The molecule has 0 bridgehead atoms. The molecule has 0 radical (unpaired) electrons. The molecule has 1 amide bonds. The van der Waals surface area contributed by atoms with Gasteiger partial charge in [0.05, 0.1) is 0 Å². The molecule has 0 saturated heterocycles. The summed E-state index contributed by atoms with van der Waals surface area (Å²) in [6.45, 7) is 2.91. The van der Waals surface area contributed by atoms with E-state index in [-0.39, 0.29) is 0 Å². The highest BCUT2D eigenvalue weighted by atomic mass is 16.5. The highest BCUT2D eigenvalue weighted by Gasteiger charge is 2.18. The number of nitrogens with zero attached hydrogens (tertiary/aromatic N) is 1. The summed E-state index contributed by atoms with van der Waals surface area (Å²) in [5, 5.41) is 2.64. The SMILES string of the molecule is Cc1cccc(NC(=O)[C@H](C)OC(=O)Cn2ccc(=O)[nH]c2=O)c1. The Kier molecular flexibility index (Phi) is 5.31. The van der Waals surface area contributed by atoms with E-state index in [9.17, 15) is 19.2 Å². The maximum absolute atomic E-state index is 12.0. The molecule has 1 atom stereocenters. The molecule has 0 aliphatic rings. The number of anilines is 1. The van der Waals surface area contributed by atoms with Crippen LogP contribution in [-0.2, 0) is 20.9 Å². The van der Waals surface area contributed by atoms with Crippen molar-refractivity contribution in [2.24, 2.45) is 0 Å². The number of hydrogen-bond donors (Lipinski definition) is 2. The molecule has 8 heteroatoms. The van der Waals surface area contributed by atoms with Crippen LogP contribution in [0, 0.1) is 6.92 Å². The lowest BCUT2D eigenvalue weighted by Crippen LogP contribution is -2.34. The minimum Gasteiger partial charge on any atom is -0.451 e. The molecule has 1 heterocycles. The van der Waals surface area contributed by atoms with E-state index in [1.807, 2.05) is 18.0 Å². The molecular formula is C16H17N3O5. The second kappa shape index (κ2) is 7.40. The summed E-state index contributed by atoms with van der Waals surface area (Å²) >= 11 is 0. The maximum Gasteiger partial charge on any atom is 0.328 e. The van der Waals surface area contributed by atoms with E-state index in [1.54, 1.807) is 18.2 Å². The van der Waals surface area contributed by atoms with Crippen LogP contribution in [0.1, 0.15) is 12.5 Å². The van der Waals surface area contributed by atoms with Crippen molar-refractivity contribution in [1.82, 2.24) is 9.55 Å². The second-order valence-electron chi connectivity index (χ2n) is 5.23. The van der Waals surface area contributed by atoms with Crippen molar-refractivity contribution in [3.05, 3.63) is 62.9 Å². The van der Waals surface area contributed by atoms with Gasteiger partial charge in [-0.15, -0.1) is 0 Å². The Morgan fingerprint density at radius 3 is 2.71 bits per heavy atom. The number of nitrogens with one attached hydrogen (secondary N) is 2. The third-order valence-electron chi connectivity index (χ3n) is 3.16. The van der Waals surface area contributed by atoms with Gasteiger partial charge in [-0.3, -0.25) is 23.9 Å². The quantitative estimate of drug-likeness (QED) is 0.771. The fourth-order valence-corrected chi connectivity index (χ4v) is 1.96. The highest BCUT2D eigenvalue weighted by Crippen LogP contribution is 2.10. The molecule has 1 aromatic heterocycles. The summed E-state index contributed by atoms with van der Waals surface area (Å²) in [5.74, 6) is -1.25. The first-order chi connectivity index (χ1) is 11.3. The van der Waals surface area contributed by atoms with Gasteiger partial charge < -0.3 is 10.1 Å². The van der Waals surface area contributed by atoms with E-state index >= 15 is 0 Å². The molecule has 0 saturated carbocycles. The van der Waals surface area contributed by atoms with Crippen molar-refractivity contribution in [1.29, 1.82) is 0 Å². The van der Waals surface area contributed by atoms with E-state index in [0.717, 1.165) is 16.2 Å². The van der Waals surface area contributed by atoms with E-state index < -0.39 is 35.8 Å². The Morgan fingerprint density at radius 1 is 1.29 bits per heavy atom. The zero-order valence-electron chi connectivity index (χ0n) is 13.2. The fourth-order valence-electron chi connectivity index (χ4n) is 1.96. The molecule has 24 heavy (non-hydrogen) atoms. The standard InChI is InChI=1S/C16H17N3O5/c1-10-4-3-5-12(8-10)17-15(22)11(2)24-14(21)9-19-7-6-13(20)18-16(19)23/h3-8,11H,9H2,1-2H3,(H,17,22)(H,18,20,23)/t11-/m0/s1. The average Bonchev–Trinajstić information content (AvgIpc) is 2.50. The maximum atomic E-state index is 12.0. The summed E-state index contributed by atoms with van der Waals surface area (Å²) in [6, 6.07) is 8.30. The van der Waals surface area contributed by atoms with Crippen LogP contribution in [-0.4, -0.2) is 27.5 Å². The predicted molar refractivity (Wildman–Crippen MR) is 86.7 cm³/mol. The average molecular weight is 331 g/mol. The second-order valence-corrected chi connectivity index (χ2v) is 5.23. The van der Waals surface area contributed by atoms with Crippen molar-refractivity contribution in [2.45, 2.75) is 26.5 Å². The third-order valence-corrected chi connectivity index (χ3v) is 3.16. The molecular weight excluding hydrogens is 314 g/mol. The summed E-state index contributed by atoms with van der Waals surface area (Å²) in [6.07, 6.45) is 0.149. The number of aromatic nitrogens is 2. The van der Waals surface area contributed by atoms with Gasteiger partial charge >= 0.3 is 11.7 Å². The lowest BCUT2D eigenvalue weighted by atomic mass is 10.2. The van der Waals surface area contributed by atoms with Crippen LogP contribution in [0.5, 0.6) is 0 Å². The molecule has 1 aromatic carbocycles. The molecule has 2 rings (SSSR count). The summed E-state index contributed by atoms with van der Waals surface area (Å²) in [4.78, 5) is 48.3. The molecule has 0 unspecified atom stereocenters. The van der Waals surface area contributed by atoms with Crippen molar-refractivity contribution in [3.8, 4) is 0 Å². The Hall–Kier alpha value is -3.16. The number of ether oxygens (including phenoxy) is 1. The van der Waals surface area contributed by atoms with Crippen LogP contribution < -0.4 is 16.6 Å². The monoisotopic (exact) mass is 331 g/mol. The zero-order valence-corrected chi connectivity index (χ0v) is 13.2. The minimum absolute atomic E-state index is 0.405. The Balaban J connectivity index is 1.94. The first-order valence-electron chi connectivity index (χ1n) is 7.22. The molecule has 126 valence electrons. The fraction of sp³-hybridized carbons (Fsp3) is 0.250. The van der Waals surface area contributed by atoms with Crippen LogP contribution in [0.3, 0.4) is 0 Å². The number of aryl methyl sites for hydroxylation is 1. The normalized spacial score (nSPS) is 11.6. The number of esters is 1. The van der Waals surface area contributed by atoms with Gasteiger partial charge in [0.25, 0.3) is 11.5 Å². The van der Waals surface area contributed by atoms with Gasteiger partial charge in [0.15, 0.2) is 6.10 Å². The van der Waals surface area contributed by atoms with Crippen LogP contribution in [0.2, 0.25) is 0 Å². The van der Waals surface area contributed by atoms with Gasteiger partial charge in [-0.25, -0.2) is 4.79 Å². The van der Waals surface area contributed by atoms with Gasteiger partial charge in [0.1, 0.15) is 6.54 Å². The highest BCUT2D eigenvalue weighted by molar-refractivity contribution is 5.95. The lowest BCUT2D eigenvalue weighted by Gasteiger charge is -2.14. The van der Waals surface area contributed by atoms with E-state index in [4.69, 9.17) is 4.74 Å². The number of benzene rings is 1. The number of amides is 1. The van der Waals surface area contributed by atoms with Crippen LogP contribution in [0.15, 0.2) is 46.1 Å². The molecule has 2 aromatic rings. The van der Waals surface area contributed by atoms with Gasteiger partial charge in [0, 0.05) is 18.0 Å². The Bertz CT molecular complexity index is 868.